The lowest BCUT2D eigenvalue weighted by molar-refractivity contribution is -0.142. The van der Waals surface area contributed by atoms with Gasteiger partial charge in [-0.1, -0.05) is 25.5 Å². The van der Waals surface area contributed by atoms with Crippen LogP contribution >= 0.6 is 0 Å². The molecule has 0 bridgehead atoms. The standard InChI is InChI=1S/C15H19NO5/c1-3-5-13(15(19)20)16-14(18)9-21-12-7-4-6-11(8-12)10(2)17/h4,6-8,13H,3,5,9H2,1-2H3,(H,16,18)(H,19,20). The molecule has 0 aromatic heterocycles. The topological polar surface area (TPSA) is 92.7 Å². The fourth-order valence-corrected chi connectivity index (χ4v) is 1.74. The molecular weight excluding hydrogens is 274 g/mol. The summed E-state index contributed by atoms with van der Waals surface area (Å²) in [7, 11) is 0. The summed E-state index contributed by atoms with van der Waals surface area (Å²) in [5.74, 6) is -1.29. The summed E-state index contributed by atoms with van der Waals surface area (Å²) in [5.41, 5.74) is 0.488. The Morgan fingerprint density at radius 2 is 2.05 bits per heavy atom. The highest BCUT2D eigenvalue weighted by Gasteiger charge is 2.18. The molecule has 21 heavy (non-hydrogen) atoms. The van der Waals surface area contributed by atoms with Crippen LogP contribution in [0.2, 0.25) is 0 Å². The second-order valence-electron chi connectivity index (χ2n) is 4.62. The molecule has 1 unspecified atom stereocenters. The first-order valence-corrected chi connectivity index (χ1v) is 6.70. The van der Waals surface area contributed by atoms with Gasteiger partial charge in [-0.2, -0.15) is 0 Å². The SMILES string of the molecule is CCCC(NC(=O)COc1cccc(C(C)=O)c1)C(=O)O. The molecule has 0 aliphatic carbocycles. The Bertz CT molecular complexity index is 527. The minimum atomic E-state index is -1.07. The number of carbonyl (C=O) groups excluding carboxylic acids is 2. The van der Waals surface area contributed by atoms with Gasteiger partial charge in [0.05, 0.1) is 0 Å². The van der Waals surface area contributed by atoms with E-state index in [4.69, 9.17) is 9.84 Å². The van der Waals surface area contributed by atoms with Gasteiger partial charge in [0.2, 0.25) is 0 Å². The highest BCUT2D eigenvalue weighted by Crippen LogP contribution is 2.13. The molecule has 1 atom stereocenters. The number of ether oxygens (including phenoxy) is 1. The lowest BCUT2D eigenvalue weighted by Gasteiger charge is -2.14. The van der Waals surface area contributed by atoms with Crippen LogP contribution in [0.4, 0.5) is 0 Å². The second kappa shape index (κ2) is 8.04. The third kappa shape index (κ3) is 5.64. The van der Waals surface area contributed by atoms with Gasteiger partial charge in [-0.25, -0.2) is 4.79 Å². The summed E-state index contributed by atoms with van der Waals surface area (Å²) in [6.45, 7) is 2.98. The Morgan fingerprint density at radius 3 is 2.62 bits per heavy atom. The molecule has 1 aromatic rings. The summed E-state index contributed by atoms with van der Waals surface area (Å²) in [4.78, 5) is 33.8. The molecule has 1 rings (SSSR count). The molecule has 0 heterocycles. The maximum absolute atomic E-state index is 11.7. The van der Waals surface area contributed by atoms with Crippen molar-refractivity contribution >= 4 is 17.7 Å². The Balaban J connectivity index is 2.54. The summed E-state index contributed by atoms with van der Waals surface area (Å²) in [6, 6.07) is 5.56. The zero-order chi connectivity index (χ0) is 15.8. The van der Waals surface area contributed by atoms with E-state index >= 15 is 0 Å². The van der Waals surface area contributed by atoms with E-state index in [1.165, 1.54) is 13.0 Å². The Hall–Kier alpha value is -2.37. The number of hydrogen-bond donors (Lipinski definition) is 2. The van der Waals surface area contributed by atoms with E-state index in [1.807, 2.05) is 6.92 Å². The van der Waals surface area contributed by atoms with Gasteiger partial charge in [0.1, 0.15) is 11.8 Å². The van der Waals surface area contributed by atoms with Gasteiger partial charge in [0.25, 0.3) is 5.91 Å². The predicted molar refractivity (Wildman–Crippen MR) is 76.4 cm³/mol. The largest absolute Gasteiger partial charge is 0.484 e. The molecule has 0 aliphatic rings. The lowest BCUT2D eigenvalue weighted by Crippen LogP contribution is -2.42. The van der Waals surface area contributed by atoms with Gasteiger partial charge >= 0.3 is 5.97 Å². The van der Waals surface area contributed by atoms with Crippen molar-refractivity contribution in [3.8, 4) is 5.75 Å². The van der Waals surface area contributed by atoms with Gasteiger partial charge in [-0.15, -0.1) is 0 Å². The van der Waals surface area contributed by atoms with E-state index in [0.717, 1.165) is 0 Å². The number of ketones is 1. The third-order valence-electron chi connectivity index (χ3n) is 2.82. The average Bonchev–Trinajstić information content (AvgIpc) is 2.45. The van der Waals surface area contributed by atoms with Crippen molar-refractivity contribution in [2.75, 3.05) is 6.61 Å². The Labute approximate surface area is 123 Å². The number of rotatable bonds is 8. The molecule has 0 aliphatic heterocycles. The van der Waals surface area contributed by atoms with E-state index in [9.17, 15) is 14.4 Å². The van der Waals surface area contributed by atoms with Crippen molar-refractivity contribution in [2.24, 2.45) is 0 Å². The van der Waals surface area contributed by atoms with Crippen molar-refractivity contribution in [3.63, 3.8) is 0 Å². The van der Waals surface area contributed by atoms with Crippen LogP contribution in [-0.4, -0.2) is 35.4 Å². The fourth-order valence-electron chi connectivity index (χ4n) is 1.74. The maximum Gasteiger partial charge on any atom is 0.326 e. The van der Waals surface area contributed by atoms with Crippen molar-refractivity contribution in [1.29, 1.82) is 0 Å². The number of carboxylic acid groups (broad SMARTS) is 1. The van der Waals surface area contributed by atoms with Crippen LogP contribution in [0.15, 0.2) is 24.3 Å². The van der Waals surface area contributed by atoms with E-state index in [-0.39, 0.29) is 12.4 Å². The number of nitrogens with one attached hydrogen (secondary N) is 1. The Morgan fingerprint density at radius 1 is 1.33 bits per heavy atom. The van der Waals surface area contributed by atoms with E-state index < -0.39 is 17.9 Å². The number of amides is 1. The van der Waals surface area contributed by atoms with Crippen LogP contribution in [0.5, 0.6) is 5.75 Å². The molecule has 114 valence electrons. The van der Waals surface area contributed by atoms with Crippen LogP contribution in [0.25, 0.3) is 0 Å². The summed E-state index contributed by atoms with van der Waals surface area (Å²) in [6.07, 6.45) is 1.01. The van der Waals surface area contributed by atoms with E-state index in [0.29, 0.717) is 24.2 Å². The van der Waals surface area contributed by atoms with Crippen molar-refractivity contribution < 1.29 is 24.2 Å². The molecule has 6 nitrogen and oxygen atoms in total. The fraction of sp³-hybridized carbons (Fsp3) is 0.400. The number of hydrogen-bond acceptors (Lipinski definition) is 4. The third-order valence-corrected chi connectivity index (χ3v) is 2.82. The molecule has 0 saturated heterocycles. The summed E-state index contributed by atoms with van der Waals surface area (Å²) in [5, 5.41) is 11.3. The smallest absolute Gasteiger partial charge is 0.326 e. The lowest BCUT2D eigenvalue weighted by atomic mass is 10.1. The van der Waals surface area contributed by atoms with Gasteiger partial charge < -0.3 is 15.2 Å². The number of aliphatic carboxylic acids is 1. The zero-order valence-electron chi connectivity index (χ0n) is 12.1. The van der Waals surface area contributed by atoms with Crippen LogP contribution in [-0.2, 0) is 9.59 Å². The predicted octanol–water partition coefficient (Wildman–Crippen LogP) is 1.64. The molecule has 0 fully saturated rings. The molecular formula is C15H19NO5. The highest BCUT2D eigenvalue weighted by atomic mass is 16.5. The van der Waals surface area contributed by atoms with Crippen LogP contribution in [0.3, 0.4) is 0 Å². The summed E-state index contributed by atoms with van der Waals surface area (Å²) < 4.78 is 5.26. The van der Waals surface area contributed by atoms with E-state index in [2.05, 4.69) is 5.32 Å². The van der Waals surface area contributed by atoms with Crippen molar-refractivity contribution in [3.05, 3.63) is 29.8 Å². The van der Waals surface area contributed by atoms with Crippen LogP contribution in [0.1, 0.15) is 37.0 Å². The number of carboxylic acids is 1. The monoisotopic (exact) mass is 293 g/mol. The van der Waals surface area contributed by atoms with Gasteiger partial charge in [0, 0.05) is 5.56 Å². The minimum Gasteiger partial charge on any atom is -0.484 e. The van der Waals surface area contributed by atoms with Crippen molar-refractivity contribution in [1.82, 2.24) is 5.32 Å². The van der Waals surface area contributed by atoms with Crippen LogP contribution in [0, 0.1) is 0 Å². The molecule has 1 aromatic carbocycles. The number of Topliss-reactive ketones (excluding diaryl/α,β-unsaturated/α-hetero) is 1. The van der Waals surface area contributed by atoms with Gasteiger partial charge in [0.15, 0.2) is 12.4 Å². The van der Waals surface area contributed by atoms with Crippen LogP contribution < -0.4 is 10.1 Å². The first-order valence-electron chi connectivity index (χ1n) is 6.70. The number of carbonyl (C=O) groups is 3. The molecule has 0 spiro atoms. The molecule has 0 saturated carbocycles. The Kier molecular flexibility index (Phi) is 6.39. The average molecular weight is 293 g/mol. The molecule has 2 N–H and O–H groups in total. The molecule has 1 amide bonds. The quantitative estimate of drug-likeness (QED) is 0.711. The zero-order valence-corrected chi connectivity index (χ0v) is 12.1. The van der Waals surface area contributed by atoms with Gasteiger partial charge in [-0.05, 0) is 25.5 Å². The minimum absolute atomic E-state index is 0.0983. The molecule has 0 radical (unpaired) electrons. The number of benzene rings is 1. The van der Waals surface area contributed by atoms with Crippen molar-refractivity contribution in [2.45, 2.75) is 32.7 Å². The molecule has 6 heteroatoms. The normalized spacial score (nSPS) is 11.5. The summed E-state index contributed by atoms with van der Waals surface area (Å²) >= 11 is 0. The first kappa shape index (κ1) is 16.7. The first-order chi connectivity index (χ1) is 9.93. The maximum atomic E-state index is 11.7. The second-order valence-corrected chi connectivity index (χ2v) is 4.62. The van der Waals surface area contributed by atoms with Gasteiger partial charge in [-0.3, -0.25) is 9.59 Å². The highest BCUT2D eigenvalue weighted by molar-refractivity contribution is 5.94. The van der Waals surface area contributed by atoms with E-state index in [1.54, 1.807) is 18.2 Å².